The number of carboxylic acid groups (broad SMARTS) is 1. The molecule has 4 N–H and O–H groups in total. The second-order valence-electron chi connectivity index (χ2n) is 4.22. The van der Waals surface area contributed by atoms with Crippen LogP contribution in [0.4, 0.5) is 5.69 Å². The van der Waals surface area contributed by atoms with Crippen LogP contribution in [-0.2, 0) is 11.8 Å². The predicted molar refractivity (Wildman–Crippen MR) is 69.4 cm³/mol. The molecule has 1 unspecified atom stereocenters. The number of aryl methyl sites for hydroxylation is 1. The Morgan fingerprint density at radius 1 is 1.61 bits per heavy atom. The number of nitrogens with two attached hydrogens (primary N) is 1. The van der Waals surface area contributed by atoms with E-state index in [1.165, 1.54) is 0 Å². The number of benzene rings is 1. The first-order valence-corrected chi connectivity index (χ1v) is 5.71. The third-order valence-electron chi connectivity index (χ3n) is 2.83. The quantitative estimate of drug-likeness (QED) is 0.727. The SMILES string of the molecule is Cn1cnc2cc(NCCC(N)C(=O)O)ccc21. The van der Waals surface area contributed by atoms with Gasteiger partial charge in [0.1, 0.15) is 6.04 Å². The lowest BCUT2D eigenvalue weighted by molar-refractivity contribution is -0.138. The Morgan fingerprint density at radius 3 is 3.11 bits per heavy atom. The highest BCUT2D eigenvalue weighted by Crippen LogP contribution is 2.17. The Labute approximate surface area is 104 Å². The Bertz CT molecular complexity index is 564. The summed E-state index contributed by atoms with van der Waals surface area (Å²) in [6.07, 6.45) is 2.14. The maximum Gasteiger partial charge on any atom is 0.320 e. The van der Waals surface area contributed by atoms with E-state index in [1.807, 2.05) is 29.8 Å². The molecule has 1 aromatic carbocycles. The van der Waals surface area contributed by atoms with Gasteiger partial charge in [0.2, 0.25) is 0 Å². The Morgan fingerprint density at radius 2 is 2.39 bits per heavy atom. The molecule has 6 nitrogen and oxygen atoms in total. The van der Waals surface area contributed by atoms with E-state index in [1.54, 1.807) is 6.33 Å². The number of carboxylic acids is 1. The second kappa shape index (κ2) is 5.05. The van der Waals surface area contributed by atoms with E-state index < -0.39 is 12.0 Å². The van der Waals surface area contributed by atoms with Crippen molar-refractivity contribution in [2.24, 2.45) is 12.8 Å². The highest BCUT2D eigenvalue weighted by atomic mass is 16.4. The van der Waals surface area contributed by atoms with E-state index in [0.29, 0.717) is 13.0 Å². The summed E-state index contributed by atoms with van der Waals surface area (Å²) >= 11 is 0. The highest BCUT2D eigenvalue weighted by molar-refractivity contribution is 5.79. The molecule has 0 aliphatic rings. The number of nitrogens with one attached hydrogen (secondary N) is 1. The van der Waals surface area contributed by atoms with E-state index in [0.717, 1.165) is 16.7 Å². The number of aromatic nitrogens is 2. The summed E-state index contributed by atoms with van der Waals surface area (Å²) in [5.41, 5.74) is 8.30. The molecule has 2 aromatic rings. The van der Waals surface area contributed by atoms with Crippen molar-refractivity contribution >= 4 is 22.7 Å². The van der Waals surface area contributed by atoms with Crippen molar-refractivity contribution in [1.29, 1.82) is 0 Å². The van der Waals surface area contributed by atoms with E-state index in [9.17, 15) is 4.79 Å². The summed E-state index contributed by atoms with van der Waals surface area (Å²) in [5, 5.41) is 11.8. The fourth-order valence-electron chi connectivity index (χ4n) is 1.74. The van der Waals surface area contributed by atoms with Gasteiger partial charge in [-0.25, -0.2) is 4.98 Å². The largest absolute Gasteiger partial charge is 0.480 e. The van der Waals surface area contributed by atoms with E-state index in [-0.39, 0.29) is 0 Å². The van der Waals surface area contributed by atoms with Crippen molar-refractivity contribution in [2.45, 2.75) is 12.5 Å². The van der Waals surface area contributed by atoms with Gasteiger partial charge in [-0.1, -0.05) is 0 Å². The molecule has 0 aliphatic carbocycles. The second-order valence-corrected chi connectivity index (χ2v) is 4.22. The van der Waals surface area contributed by atoms with Gasteiger partial charge in [0.15, 0.2) is 0 Å². The number of hydrogen-bond acceptors (Lipinski definition) is 4. The van der Waals surface area contributed by atoms with Crippen LogP contribution in [0.3, 0.4) is 0 Å². The van der Waals surface area contributed by atoms with Crippen LogP contribution in [0.15, 0.2) is 24.5 Å². The molecule has 0 saturated heterocycles. The van der Waals surface area contributed by atoms with Crippen LogP contribution in [-0.4, -0.2) is 33.2 Å². The van der Waals surface area contributed by atoms with Crippen LogP contribution in [0.1, 0.15) is 6.42 Å². The van der Waals surface area contributed by atoms with Gasteiger partial charge in [-0.2, -0.15) is 0 Å². The van der Waals surface area contributed by atoms with Gasteiger partial charge in [0.25, 0.3) is 0 Å². The number of rotatable bonds is 5. The molecule has 0 fully saturated rings. The lowest BCUT2D eigenvalue weighted by Gasteiger charge is -2.09. The summed E-state index contributed by atoms with van der Waals surface area (Å²) in [4.78, 5) is 14.8. The smallest absolute Gasteiger partial charge is 0.320 e. The average molecular weight is 248 g/mol. The Kier molecular flexibility index (Phi) is 3.47. The zero-order valence-electron chi connectivity index (χ0n) is 10.1. The maximum absolute atomic E-state index is 10.6. The molecule has 1 atom stereocenters. The highest BCUT2D eigenvalue weighted by Gasteiger charge is 2.10. The number of anilines is 1. The summed E-state index contributed by atoms with van der Waals surface area (Å²) in [7, 11) is 1.94. The van der Waals surface area contributed by atoms with Crippen molar-refractivity contribution in [3.05, 3.63) is 24.5 Å². The number of carbonyl (C=O) groups is 1. The van der Waals surface area contributed by atoms with Gasteiger partial charge in [0, 0.05) is 19.3 Å². The molecule has 2 rings (SSSR count). The van der Waals surface area contributed by atoms with Crippen molar-refractivity contribution in [3.8, 4) is 0 Å². The van der Waals surface area contributed by atoms with E-state index >= 15 is 0 Å². The van der Waals surface area contributed by atoms with Crippen LogP contribution in [0.25, 0.3) is 11.0 Å². The summed E-state index contributed by atoms with van der Waals surface area (Å²) < 4.78 is 1.94. The van der Waals surface area contributed by atoms with E-state index in [2.05, 4.69) is 10.3 Å². The number of hydrogen-bond donors (Lipinski definition) is 3. The molecule has 18 heavy (non-hydrogen) atoms. The van der Waals surface area contributed by atoms with E-state index in [4.69, 9.17) is 10.8 Å². The molecule has 0 bridgehead atoms. The van der Waals surface area contributed by atoms with Crippen LogP contribution in [0.5, 0.6) is 0 Å². The molecule has 6 heteroatoms. The fraction of sp³-hybridized carbons (Fsp3) is 0.333. The zero-order valence-corrected chi connectivity index (χ0v) is 10.1. The average Bonchev–Trinajstić information content (AvgIpc) is 2.70. The first-order chi connectivity index (χ1) is 8.58. The van der Waals surface area contributed by atoms with Crippen molar-refractivity contribution < 1.29 is 9.90 Å². The van der Waals surface area contributed by atoms with Crippen LogP contribution < -0.4 is 11.1 Å². The summed E-state index contributed by atoms with van der Waals surface area (Å²) in [6.45, 7) is 0.520. The minimum atomic E-state index is -0.975. The number of aliphatic carboxylic acids is 1. The van der Waals surface area contributed by atoms with Crippen molar-refractivity contribution in [3.63, 3.8) is 0 Å². The minimum Gasteiger partial charge on any atom is -0.480 e. The van der Waals surface area contributed by atoms with Crippen molar-refractivity contribution in [1.82, 2.24) is 9.55 Å². The molecular weight excluding hydrogens is 232 g/mol. The third kappa shape index (κ3) is 2.60. The first kappa shape index (κ1) is 12.4. The Hall–Kier alpha value is -2.08. The molecule has 0 radical (unpaired) electrons. The van der Waals surface area contributed by atoms with Gasteiger partial charge in [-0.15, -0.1) is 0 Å². The normalized spacial score (nSPS) is 12.6. The number of fused-ring (bicyclic) bond motifs is 1. The zero-order chi connectivity index (χ0) is 13.1. The topological polar surface area (TPSA) is 93.2 Å². The van der Waals surface area contributed by atoms with Crippen molar-refractivity contribution in [2.75, 3.05) is 11.9 Å². The monoisotopic (exact) mass is 248 g/mol. The van der Waals surface area contributed by atoms with Gasteiger partial charge >= 0.3 is 5.97 Å². The maximum atomic E-state index is 10.6. The molecule has 0 spiro atoms. The molecule has 96 valence electrons. The predicted octanol–water partition coefficient (Wildman–Crippen LogP) is 0.787. The lowest BCUT2D eigenvalue weighted by Crippen LogP contribution is -2.32. The first-order valence-electron chi connectivity index (χ1n) is 5.71. The molecule has 0 saturated carbocycles. The fourth-order valence-corrected chi connectivity index (χ4v) is 1.74. The standard InChI is InChI=1S/C12H16N4O2/c1-16-7-15-10-6-8(2-3-11(10)16)14-5-4-9(13)12(17)18/h2-3,6-7,9,14H,4-5,13H2,1H3,(H,17,18). The van der Waals surface area contributed by atoms with Crippen LogP contribution in [0, 0.1) is 0 Å². The number of imidazole rings is 1. The molecule has 1 aromatic heterocycles. The Balaban J connectivity index is 1.98. The van der Waals surface area contributed by atoms with Crippen LogP contribution >= 0.6 is 0 Å². The molecule has 0 aliphatic heterocycles. The van der Waals surface area contributed by atoms with Gasteiger partial charge in [-0.3, -0.25) is 4.79 Å². The number of nitrogens with zero attached hydrogens (tertiary/aromatic N) is 2. The van der Waals surface area contributed by atoms with Crippen LogP contribution in [0.2, 0.25) is 0 Å². The van der Waals surface area contributed by atoms with Gasteiger partial charge < -0.3 is 20.7 Å². The minimum absolute atomic E-state index is 0.385. The van der Waals surface area contributed by atoms with Gasteiger partial charge in [-0.05, 0) is 24.6 Å². The summed E-state index contributed by atoms with van der Waals surface area (Å²) in [6, 6.07) is 5.02. The summed E-state index contributed by atoms with van der Waals surface area (Å²) in [5.74, 6) is -0.975. The lowest BCUT2D eigenvalue weighted by atomic mass is 10.2. The third-order valence-corrected chi connectivity index (χ3v) is 2.83. The molecular formula is C12H16N4O2. The molecule has 0 amide bonds. The van der Waals surface area contributed by atoms with Gasteiger partial charge in [0.05, 0.1) is 17.4 Å². The molecule has 1 heterocycles.